The van der Waals surface area contributed by atoms with Crippen molar-refractivity contribution in [3.05, 3.63) is 29.6 Å². The molecule has 1 amide bonds. The average Bonchev–Trinajstić information content (AvgIpc) is 2.40. The summed E-state index contributed by atoms with van der Waals surface area (Å²) in [6.07, 6.45) is 3.46. The molecule has 0 atom stereocenters. The lowest BCUT2D eigenvalue weighted by atomic mass is 10.1. The summed E-state index contributed by atoms with van der Waals surface area (Å²) in [4.78, 5) is 15.8. The van der Waals surface area contributed by atoms with Crippen molar-refractivity contribution >= 4 is 17.7 Å². The number of carbonyl (C=O) groups is 1. The number of pyridine rings is 1. The van der Waals surface area contributed by atoms with Crippen LogP contribution in [0, 0.1) is 11.3 Å². The number of hydrogen-bond acceptors (Lipinski definition) is 4. The molecule has 1 aromatic rings. The Kier molecular flexibility index (Phi) is 3.99. The van der Waals surface area contributed by atoms with Crippen LogP contribution < -0.4 is 5.32 Å². The minimum atomic E-state index is -0.147. The second-order valence-electron chi connectivity index (χ2n) is 3.90. The molecule has 4 nitrogen and oxygen atoms in total. The molecule has 0 aliphatic carbocycles. The molecule has 0 aromatic carbocycles. The zero-order valence-corrected chi connectivity index (χ0v) is 10.2. The topological polar surface area (TPSA) is 65.8 Å². The van der Waals surface area contributed by atoms with Crippen molar-refractivity contribution < 1.29 is 4.79 Å². The minimum absolute atomic E-state index is 0.147. The minimum Gasteiger partial charge on any atom is -0.348 e. The van der Waals surface area contributed by atoms with E-state index in [-0.39, 0.29) is 11.9 Å². The molecule has 17 heavy (non-hydrogen) atoms. The Bertz CT molecular complexity index is 432. The van der Waals surface area contributed by atoms with Crippen LogP contribution in [0.1, 0.15) is 28.9 Å². The quantitative estimate of drug-likeness (QED) is 0.861. The van der Waals surface area contributed by atoms with E-state index in [0.717, 1.165) is 24.3 Å². The molecule has 0 spiro atoms. The average molecular weight is 247 g/mol. The van der Waals surface area contributed by atoms with E-state index in [1.165, 1.54) is 6.20 Å². The predicted octanol–water partition coefficient (Wildman–Crippen LogP) is 1.58. The fourth-order valence-corrected chi connectivity index (χ4v) is 2.80. The highest BCUT2D eigenvalue weighted by Crippen LogP contribution is 2.17. The van der Waals surface area contributed by atoms with Gasteiger partial charge in [0.25, 0.3) is 5.91 Å². The number of thioether (sulfide) groups is 1. The maximum Gasteiger partial charge on any atom is 0.270 e. The maximum absolute atomic E-state index is 11.8. The van der Waals surface area contributed by atoms with Gasteiger partial charge in [-0.05, 0) is 36.5 Å². The predicted molar refractivity (Wildman–Crippen MR) is 66.8 cm³/mol. The van der Waals surface area contributed by atoms with Crippen molar-refractivity contribution in [1.29, 1.82) is 5.26 Å². The van der Waals surface area contributed by atoms with Gasteiger partial charge in [-0.15, -0.1) is 0 Å². The van der Waals surface area contributed by atoms with Gasteiger partial charge in [0.05, 0.1) is 5.56 Å². The van der Waals surface area contributed by atoms with E-state index in [9.17, 15) is 4.79 Å². The van der Waals surface area contributed by atoms with Crippen LogP contribution in [0.3, 0.4) is 0 Å². The van der Waals surface area contributed by atoms with E-state index in [0.29, 0.717) is 11.3 Å². The van der Waals surface area contributed by atoms with Gasteiger partial charge in [-0.1, -0.05) is 0 Å². The Morgan fingerprint density at radius 1 is 1.47 bits per heavy atom. The van der Waals surface area contributed by atoms with Gasteiger partial charge in [0.15, 0.2) is 0 Å². The molecule has 0 unspecified atom stereocenters. The van der Waals surface area contributed by atoms with Gasteiger partial charge >= 0.3 is 0 Å². The number of amides is 1. The SMILES string of the molecule is N#Cc1ccc(C(=O)NC2CCSCC2)nc1. The number of nitrogens with one attached hydrogen (secondary N) is 1. The van der Waals surface area contributed by atoms with Gasteiger partial charge in [-0.25, -0.2) is 4.98 Å². The third kappa shape index (κ3) is 3.21. The maximum atomic E-state index is 11.8. The summed E-state index contributed by atoms with van der Waals surface area (Å²) in [5, 5.41) is 11.6. The van der Waals surface area contributed by atoms with Crippen LogP contribution in [0.25, 0.3) is 0 Å². The zero-order chi connectivity index (χ0) is 12.1. The fraction of sp³-hybridized carbons (Fsp3) is 0.417. The van der Waals surface area contributed by atoms with Crippen LogP contribution in [0.2, 0.25) is 0 Å². The van der Waals surface area contributed by atoms with E-state index >= 15 is 0 Å². The largest absolute Gasteiger partial charge is 0.348 e. The van der Waals surface area contributed by atoms with Crippen molar-refractivity contribution in [2.75, 3.05) is 11.5 Å². The van der Waals surface area contributed by atoms with Gasteiger partial charge in [0, 0.05) is 12.2 Å². The van der Waals surface area contributed by atoms with E-state index in [2.05, 4.69) is 10.3 Å². The normalized spacial score (nSPS) is 16.2. The smallest absolute Gasteiger partial charge is 0.270 e. The molecular weight excluding hydrogens is 234 g/mol. The lowest BCUT2D eigenvalue weighted by Crippen LogP contribution is -2.37. The number of rotatable bonds is 2. The summed E-state index contributed by atoms with van der Waals surface area (Å²) in [7, 11) is 0. The van der Waals surface area contributed by atoms with Crippen LogP contribution >= 0.6 is 11.8 Å². The lowest BCUT2D eigenvalue weighted by Gasteiger charge is -2.22. The van der Waals surface area contributed by atoms with Gasteiger partial charge in [-0.2, -0.15) is 17.0 Å². The van der Waals surface area contributed by atoms with Gasteiger partial charge in [0.1, 0.15) is 11.8 Å². The van der Waals surface area contributed by atoms with E-state index < -0.39 is 0 Å². The Morgan fingerprint density at radius 3 is 2.82 bits per heavy atom. The standard InChI is InChI=1S/C12H13N3OS/c13-7-9-1-2-11(14-8-9)12(16)15-10-3-5-17-6-4-10/h1-2,8,10H,3-6H2,(H,15,16). The molecule has 88 valence electrons. The summed E-state index contributed by atoms with van der Waals surface area (Å²) in [5.74, 6) is 2.06. The highest BCUT2D eigenvalue weighted by Gasteiger charge is 2.17. The van der Waals surface area contributed by atoms with Crippen LogP contribution in [0.5, 0.6) is 0 Å². The molecule has 0 saturated carbocycles. The summed E-state index contributed by atoms with van der Waals surface area (Å²) < 4.78 is 0. The second kappa shape index (κ2) is 5.69. The first-order valence-corrected chi connectivity index (χ1v) is 6.70. The van der Waals surface area contributed by atoms with Crippen LogP contribution in [0.15, 0.2) is 18.3 Å². The molecule has 1 aliphatic rings. The van der Waals surface area contributed by atoms with E-state index in [1.54, 1.807) is 12.1 Å². The molecule has 1 aromatic heterocycles. The number of aromatic nitrogens is 1. The van der Waals surface area contributed by atoms with E-state index in [1.807, 2.05) is 17.8 Å². The fourth-order valence-electron chi connectivity index (χ4n) is 1.70. The van der Waals surface area contributed by atoms with Crippen LogP contribution in [-0.4, -0.2) is 28.4 Å². The molecule has 1 aliphatic heterocycles. The summed E-state index contributed by atoms with van der Waals surface area (Å²) in [6.45, 7) is 0. The Morgan fingerprint density at radius 2 is 2.24 bits per heavy atom. The third-order valence-corrected chi connectivity index (χ3v) is 3.73. The molecule has 0 radical (unpaired) electrons. The number of nitrogens with zero attached hydrogens (tertiary/aromatic N) is 2. The van der Waals surface area contributed by atoms with Gasteiger partial charge in [0.2, 0.25) is 0 Å². The number of carbonyl (C=O) groups excluding carboxylic acids is 1. The zero-order valence-electron chi connectivity index (χ0n) is 9.35. The molecular formula is C12H13N3OS. The molecule has 1 N–H and O–H groups in total. The molecule has 1 saturated heterocycles. The number of hydrogen-bond donors (Lipinski definition) is 1. The monoisotopic (exact) mass is 247 g/mol. The molecule has 5 heteroatoms. The molecule has 2 rings (SSSR count). The molecule has 1 fully saturated rings. The van der Waals surface area contributed by atoms with Crippen molar-refractivity contribution in [2.24, 2.45) is 0 Å². The van der Waals surface area contributed by atoms with Gasteiger partial charge < -0.3 is 5.32 Å². The summed E-state index contributed by atoms with van der Waals surface area (Å²) in [5.41, 5.74) is 0.845. The van der Waals surface area contributed by atoms with Crippen LogP contribution in [0.4, 0.5) is 0 Å². The summed E-state index contributed by atoms with van der Waals surface area (Å²) in [6, 6.07) is 5.44. The highest BCUT2D eigenvalue weighted by molar-refractivity contribution is 7.99. The second-order valence-corrected chi connectivity index (χ2v) is 5.13. The van der Waals surface area contributed by atoms with Crippen molar-refractivity contribution in [3.8, 4) is 6.07 Å². The first kappa shape index (κ1) is 11.9. The van der Waals surface area contributed by atoms with Crippen molar-refractivity contribution in [2.45, 2.75) is 18.9 Å². The Balaban J connectivity index is 1.96. The first-order chi connectivity index (χ1) is 8.29. The molecule has 2 heterocycles. The number of nitriles is 1. The van der Waals surface area contributed by atoms with Crippen LogP contribution in [-0.2, 0) is 0 Å². The third-order valence-electron chi connectivity index (χ3n) is 2.68. The van der Waals surface area contributed by atoms with Crippen molar-refractivity contribution in [3.63, 3.8) is 0 Å². The van der Waals surface area contributed by atoms with Crippen molar-refractivity contribution in [1.82, 2.24) is 10.3 Å². The lowest BCUT2D eigenvalue weighted by molar-refractivity contribution is 0.0930. The first-order valence-electron chi connectivity index (χ1n) is 5.54. The van der Waals surface area contributed by atoms with Gasteiger partial charge in [-0.3, -0.25) is 4.79 Å². The summed E-state index contributed by atoms with van der Waals surface area (Å²) >= 11 is 1.92. The van der Waals surface area contributed by atoms with E-state index in [4.69, 9.17) is 5.26 Å². The Hall–Kier alpha value is -1.54. The Labute approximate surface area is 104 Å². The highest BCUT2D eigenvalue weighted by atomic mass is 32.2. The molecule has 0 bridgehead atoms.